The summed E-state index contributed by atoms with van der Waals surface area (Å²) in [6, 6.07) is 3.82. The maximum Gasteiger partial charge on any atom is 0.200 e. The summed E-state index contributed by atoms with van der Waals surface area (Å²) in [6.07, 6.45) is 0. The second-order valence-corrected chi connectivity index (χ2v) is 5.12. The number of hydrogen-bond donors (Lipinski definition) is 1. The first-order valence-corrected chi connectivity index (χ1v) is 5.99. The molecule has 0 unspecified atom stereocenters. The molecule has 0 atom stereocenters. The van der Waals surface area contributed by atoms with Crippen LogP contribution in [0.4, 0.5) is 4.39 Å². The van der Waals surface area contributed by atoms with Crippen molar-refractivity contribution in [3.05, 3.63) is 35.0 Å². The predicted molar refractivity (Wildman–Crippen MR) is 55.5 cm³/mol. The summed E-state index contributed by atoms with van der Waals surface area (Å²) in [5, 5.41) is 4.06. The molecule has 80 valence electrons. The van der Waals surface area contributed by atoms with Crippen LogP contribution in [-0.2, 0) is 9.84 Å². The number of likely N-dealkylation sites (N-methyl/N-ethyl adjacent to an activating group) is 1. The van der Waals surface area contributed by atoms with E-state index in [2.05, 4.69) is 5.32 Å². The Kier molecular flexibility index (Phi) is 2.36. The minimum absolute atomic E-state index is 0.0627. The topological polar surface area (TPSA) is 46.2 Å². The highest BCUT2D eigenvalue weighted by atomic mass is 32.2. The highest BCUT2D eigenvalue weighted by molar-refractivity contribution is 7.95. The molecule has 0 fully saturated rings. The average molecular weight is 227 g/mol. The lowest BCUT2D eigenvalue weighted by Gasteiger charge is -2.02. The number of benzene rings is 1. The largest absolute Gasteiger partial charge is 0.316 e. The number of hydrogen-bond acceptors (Lipinski definition) is 3. The first-order chi connectivity index (χ1) is 7.04. The fraction of sp³-hybridized carbons (Fsp3) is 0.200. The zero-order chi connectivity index (χ0) is 11.1. The van der Waals surface area contributed by atoms with Gasteiger partial charge in [0.05, 0.1) is 4.90 Å². The number of rotatable bonds is 2. The summed E-state index contributed by atoms with van der Waals surface area (Å²) < 4.78 is 36.2. The van der Waals surface area contributed by atoms with Crippen molar-refractivity contribution in [2.75, 3.05) is 13.6 Å². The van der Waals surface area contributed by atoms with Crippen molar-refractivity contribution in [1.29, 1.82) is 0 Å². The van der Waals surface area contributed by atoms with Gasteiger partial charge in [0.15, 0.2) is 0 Å². The number of sulfone groups is 1. The molecular weight excluding hydrogens is 217 g/mol. The Balaban J connectivity index is 2.62. The van der Waals surface area contributed by atoms with E-state index in [1.807, 2.05) is 0 Å². The highest BCUT2D eigenvalue weighted by Gasteiger charge is 2.26. The first-order valence-electron chi connectivity index (χ1n) is 4.45. The lowest BCUT2D eigenvalue weighted by atomic mass is 10.1. The zero-order valence-corrected chi connectivity index (χ0v) is 8.94. The van der Waals surface area contributed by atoms with Gasteiger partial charge in [-0.05, 0) is 30.3 Å². The van der Waals surface area contributed by atoms with Crippen LogP contribution in [0.3, 0.4) is 0 Å². The van der Waals surface area contributed by atoms with Gasteiger partial charge in [0.1, 0.15) is 5.82 Å². The van der Waals surface area contributed by atoms with E-state index >= 15 is 0 Å². The summed E-state index contributed by atoms with van der Waals surface area (Å²) in [7, 11) is -1.71. The third kappa shape index (κ3) is 1.68. The fourth-order valence-corrected chi connectivity index (χ4v) is 3.13. The Bertz CT molecular complexity index is 534. The van der Waals surface area contributed by atoms with Crippen LogP contribution < -0.4 is 5.32 Å². The van der Waals surface area contributed by atoms with Crippen molar-refractivity contribution >= 4 is 15.4 Å². The first kappa shape index (κ1) is 10.3. The minimum Gasteiger partial charge on any atom is -0.316 e. The lowest BCUT2D eigenvalue weighted by Crippen LogP contribution is -2.08. The molecule has 3 nitrogen and oxygen atoms in total. The van der Waals surface area contributed by atoms with Crippen LogP contribution in [0.15, 0.2) is 28.5 Å². The molecule has 0 radical (unpaired) electrons. The number of halogens is 1. The second-order valence-electron chi connectivity index (χ2n) is 3.36. The van der Waals surface area contributed by atoms with Gasteiger partial charge in [-0.15, -0.1) is 0 Å². The van der Waals surface area contributed by atoms with E-state index in [0.29, 0.717) is 17.7 Å². The van der Waals surface area contributed by atoms with Gasteiger partial charge in [0.25, 0.3) is 0 Å². The van der Waals surface area contributed by atoms with Crippen LogP contribution in [0, 0.1) is 5.82 Å². The van der Waals surface area contributed by atoms with Gasteiger partial charge < -0.3 is 5.32 Å². The third-order valence-corrected chi connectivity index (χ3v) is 3.81. The summed E-state index contributed by atoms with van der Waals surface area (Å²) >= 11 is 0. The SMILES string of the molecule is CNCC1=CS(=O)(=O)c2cc(F)ccc21. The summed E-state index contributed by atoms with van der Waals surface area (Å²) in [4.78, 5) is 0.0627. The van der Waals surface area contributed by atoms with Crippen molar-refractivity contribution in [1.82, 2.24) is 5.32 Å². The quantitative estimate of drug-likeness (QED) is 0.825. The van der Waals surface area contributed by atoms with E-state index in [4.69, 9.17) is 0 Å². The van der Waals surface area contributed by atoms with E-state index in [-0.39, 0.29) is 4.90 Å². The number of fused-ring (bicyclic) bond motifs is 1. The molecule has 0 amide bonds. The van der Waals surface area contributed by atoms with E-state index in [1.54, 1.807) is 7.05 Å². The smallest absolute Gasteiger partial charge is 0.200 e. The van der Waals surface area contributed by atoms with E-state index in [0.717, 1.165) is 6.07 Å². The van der Waals surface area contributed by atoms with Gasteiger partial charge >= 0.3 is 0 Å². The molecule has 1 aromatic rings. The molecule has 15 heavy (non-hydrogen) atoms. The van der Waals surface area contributed by atoms with Crippen LogP contribution in [-0.4, -0.2) is 22.0 Å². The van der Waals surface area contributed by atoms with E-state index in [1.165, 1.54) is 17.5 Å². The fourth-order valence-electron chi connectivity index (χ4n) is 1.64. The molecule has 0 aliphatic carbocycles. The molecule has 1 aliphatic heterocycles. The third-order valence-electron chi connectivity index (χ3n) is 2.26. The molecule has 0 bridgehead atoms. The van der Waals surface area contributed by atoms with Gasteiger partial charge in [-0.2, -0.15) is 0 Å². The monoisotopic (exact) mass is 227 g/mol. The Labute approximate surface area is 87.5 Å². The molecule has 1 aliphatic rings. The Morgan fingerprint density at radius 2 is 2.13 bits per heavy atom. The van der Waals surface area contributed by atoms with Crippen molar-refractivity contribution in [2.45, 2.75) is 4.90 Å². The van der Waals surface area contributed by atoms with Crippen LogP contribution in [0.1, 0.15) is 5.56 Å². The van der Waals surface area contributed by atoms with E-state index < -0.39 is 15.7 Å². The van der Waals surface area contributed by atoms with Crippen molar-refractivity contribution in [3.8, 4) is 0 Å². The Morgan fingerprint density at radius 3 is 2.80 bits per heavy atom. The molecule has 1 N–H and O–H groups in total. The van der Waals surface area contributed by atoms with Gasteiger partial charge in [0, 0.05) is 12.0 Å². The van der Waals surface area contributed by atoms with Crippen molar-refractivity contribution < 1.29 is 12.8 Å². The Morgan fingerprint density at radius 1 is 1.40 bits per heavy atom. The van der Waals surface area contributed by atoms with E-state index in [9.17, 15) is 12.8 Å². The standard InChI is InChI=1S/C10H10FNO2S/c1-12-5-7-6-15(13,14)10-4-8(11)2-3-9(7)10/h2-4,6,12H,5H2,1H3. The normalized spacial score (nSPS) is 17.3. The highest BCUT2D eigenvalue weighted by Crippen LogP contribution is 2.33. The molecule has 0 spiro atoms. The number of nitrogens with one attached hydrogen (secondary N) is 1. The van der Waals surface area contributed by atoms with Crippen LogP contribution in [0.25, 0.3) is 5.57 Å². The predicted octanol–water partition coefficient (Wildman–Crippen LogP) is 1.17. The summed E-state index contributed by atoms with van der Waals surface area (Å²) in [5.41, 5.74) is 1.26. The molecule has 0 saturated carbocycles. The maximum absolute atomic E-state index is 12.9. The molecule has 0 saturated heterocycles. The molecule has 1 aromatic carbocycles. The Hall–Kier alpha value is -1.20. The molecular formula is C10H10FNO2S. The summed E-state index contributed by atoms with van der Waals surface area (Å²) in [5.74, 6) is -0.531. The van der Waals surface area contributed by atoms with Crippen LogP contribution >= 0.6 is 0 Å². The lowest BCUT2D eigenvalue weighted by molar-refractivity contribution is 0.599. The maximum atomic E-state index is 12.9. The van der Waals surface area contributed by atoms with Crippen molar-refractivity contribution in [2.24, 2.45) is 0 Å². The second kappa shape index (κ2) is 3.43. The van der Waals surface area contributed by atoms with Crippen LogP contribution in [0.2, 0.25) is 0 Å². The van der Waals surface area contributed by atoms with Gasteiger partial charge in [0.2, 0.25) is 9.84 Å². The van der Waals surface area contributed by atoms with Gasteiger partial charge in [-0.1, -0.05) is 6.07 Å². The van der Waals surface area contributed by atoms with Gasteiger partial charge in [-0.25, -0.2) is 12.8 Å². The molecule has 2 rings (SSSR count). The zero-order valence-electron chi connectivity index (χ0n) is 8.12. The van der Waals surface area contributed by atoms with Crippen LogP contribution in [0.5, 0.6) is 0 Å². The summed E-state index contributed by atoms with van der Waals surface area (Å²) in [6.45, 7) is 0.456. The van der Waals surface area contributed by atoms with Crippen molar-refractivity contribution in [3.63, 3.8) is 0 Å². The van der Waals surface area contributed by atoms with Gasteiger partial charge in [-0.3, -0.25) is 0 Å². The minimum atomic E-state index is -3.44. The molecule has 1 heterocycles. The molecule has 5 heteroatoms. The average Bonchev–Trinajstić information content (AvgIpc) is 2.39. The molecule has 0 aromatic heterocycles.